The normalized spacial score (nSPS) is 12.6. The lowest BCUT2D eigenvalue weighted by Gasteiger charge is -2.21. The first-order chi connectivity index (χ1) is 17.9. The van der Waals surface area contributed by atoms with Crippen LogP contribution in [0.1, 0.15) is 72.3 Å². The number of fused-ring (bicyclic) bond motifs is 1. The molecule has 4 rings (SSSR count). The number of nitrogens with zero attached hydrogens (tertiary/aromatic N) is 4. The minimum atomic E-state index is -0.472. The Kier molecular flexibility index (Phi) is 13.1. The number of aromatic nitrogens is 3. The quantitative estimate of drug-likeness (QED) is 0.311. The molecule has 1 fully saturated rings. The number of benzene rings is 1. The van der Waals surface area contributed by atoms with Crippen molar-refractivity contribution in [1.82, 2.24) is 19.4 Å². The highest BCUT2D eigenvalue weighted by molar-refractivity contribution is 6.31. The van der Waals surface area contributed by atoms with Crippen molar-refractivity contribution < 1.29 is 4.39 Å². The number of pyridine rings is 1. The molecule has 1 aromatic carbocycles. The maximum absolute atomic E-state index is 13.6. The average Bonchev–Trinajstić information content (AvgIpc) is 3.45. The summed E-state index contributed by atoms with van der Waals surface area (Å²) in [7, 11) is 0. The summed E-state index contributed by atoms with van der Waals surface area (Å²) in [5.74, 6) is 0.122. The zero-order valence-corrected chi connectivity index (χ0v) is 23.4. The van der Waals surface area contributed by atoms with Crippen molar-refractivity contribution in [3.8, 4) is 0 Å². The van der Waals surface area contributed by atoms with Crippen LogP contribution in [0.3, 0.4) is 0 Å². The highest BCUT2D eigenvalue weighted by atomic mass is 35.5. The summed E-state index contributed by atoms with van der Waals surface area (Å²) in [4.78, 5) is 22.1. The van der Waals surface area contributed by atoms with Crippen LogP contribution in [-0.4, -0.2) is 39.1 Å². The van der Waals surface area contributed by atoms with E-state index in [9.17, 15) is 9.18 Å². The first kappa shape index (κ1) is 30.3. The second kappa shape index (κ2) is 16.0. The highest BCUT2D eigenvalue weighted by Crippen LogP contribution is 2.26. The van der Waals surface area contributed by atoms with Gasteiger partial charge in [-0.05, 0) is 43.9 Å². The third-order valence-electron chi connectivity index (χ3n) is 6.18. The number of nitrogens with one attached hydrogen (secondary N) is 1. The van der Waals surface area contributed by atoms with Crippen molar-refractivity contribution in [3.05, 3.63) is 76.3 Å². The Morgan fingerprint density at radius 2 is 1.81 bits per heavy atom. The van der Waals surface area contributed by atoms with E-state index in [1.807, 2.05) is 30.7 Å². The maximum atomic E-state index is 13.6. The number of rotatable bonds is 9. The van der Waals surface area contributed by atoms with E-state index in [2.05, 4.69) is 40.6 Å². The maximum Gasteiger partial charge on any atom is 0.250 e. The van der Waals surface area contributed by atoms with Crippen LogP contribution >= 0.6 is 11.6 Å². The molecule has 2 aromatic heterocycles. The Morgan fingerprint density at radius 3 is 2.43 bits per heavy atom. The lowest BCUT2D eigenvalue weighted by molar-refractivity contribution is 0.416. The predicted molar refractivity (Wildman–Crippen MR) is 154 cm³/mol. The standard InChI is InChI=1S/C15H16ClFN4.C12H19NO.C2H6/c1-10(21-4-2-3-5-21)8-18-15-11-6-13(17)12(16)7-14(11)19-9-20-15;1-3-7-11(8-4-2)13-10-6-5-9-12(13)14;1-2/h6-7,9H,1-5,8H2,(H,18,19,20);5-6,9-11H,3-4,7-8H2,1-2H3;1-2H3. The van der Waals surface area contributed by atoms with Crippen LogP contribution in [0.15, 0.2) is 59.9 Å². The summed E-state index contributed by atoms with van der Waals surface area (Å²) in [5, 5.41) is 3.89. The van der Waals surface area contributed by atoms with Crippen molar-refractivity contribution in [3.63, 3.8) is 0 Å². The van der Waals surface area contributed by atoms with E-state index in [4.69, 9.17) is 11.6 Å². The third kappa shape index (κ3) is 8.85. The lowest BCUT2D eigenvalue weighted by Crippen LogP contribution is -2.23. The van der Waals surface area contributed by atoms with Crippen molar-refractivity contribution in [2.45, 2.75) is 72.3 Å². The largest absolute Gasteiger partial charge is 0.374 e. The van der Waals surface area contributed by atoms with Crippen LogP contribution < -0.4 is 10.9 Å². The molecule has 202 valence electrons. The minimum absolute atomic E-state index is 0.0635. The smallest absolute Gasteiger partial charge is 0.250 e. The van der Waals surface area contributed by atoms with Gasteiger partial charge in [0.05, 0.1) is 17.1 Å². The molecule has 0 radical (unpaired) electrons. The van der Waals surface area contributed by atoms with Gasteiger partial charge in [-0.2, -0.15) is 0 Å². The number of hydrogen-bond acceptors (Lipinski definition) is 5. The van der Waals surface area contributed by atoms with Gasteiger partial charge in [-0.25, -0.2) is 14.4 Å². The van der Waals surface area contributed by atoms with Gasteiger partial charge in [0.15, 0.2) is 0 Å². The molecule has 0 unspecified atom stereocenters. The molecule has 0 spiro atoms. The average molecular weight is 530 g/mol. The first-order valence-corrected chi connectivity index (χ1v) is 13.8. The molecule has 3 aromatic rings. The Bertz CT molecular complexity index is 1170. The van der Waals surface area contributed by atoms with Crippen LogP contribution in [-0.2, 0) is 0 Å². The summed E-state index contributed by atoms with van der Waals surface area (Å²) in [5.41, 5.74) is 1.76. The first-order valence-electron chi connectivity index (χ1n) is 13.4. The lowest BCUT2D eigenvalue weighted by atomic mass is 10.1. The summed E-state index contributed by atoms with van der Waals surface area (Å²) in [6, 6.07) is 8.62. The molecule has 1 aliphatic rings. The van der Waals surface area contributed by atoms with Gasteiger partial charge in [0, 0.05) is 42.5 Å². The molecule has 0 bridgehead atoms. The SMILES string of the molecule is C=C(CNc1ncnc2cc(Cl)c(F)cc12)N1CCCC1.CC.CCCC(CCC)n1ccccc1=O. The van der Waals surface area contributed by atoms with Crippen LogP contribution in [0.2, 0.25) is 5.02 Å². The van der Waals surface area contributed by atoms with E-state index in [0.717, 1.165) is 44.5 Å². The minimum Gasteiger partial charge on any atom is -0.374 e. The third-order valence-corrected chi connectivity index (χ3v) is 6.47. The molecule has 1 saturated heterocycles. The molecule has 0 aliphatic carbocycles. The summed E-state index contributed by atoms with van der Waals surface area (Å²) >= 11 is 5.78. The number of anilines is 1. The van der Waals surface area contributed by atoms with E-state index >= 15 is 0 Å². The summed E-state index contributed by atoms with van der Waals surface area (Å²) in [6.45, 7) is 15.1. The topological polar surface area (TPSA) is 63.1 Å². The highest BCUT2D eigenvalue weighted by Gasteiger charge is 2.14. The van der Waals surface area contributed by atoms with Gasteiger partial charge in [0.2, 0.25) is 0 Å². The Balaban J connectivity index is 0.000000263. The van der Waals surface area contributed by atoms with Crippen LogP contribution in [0, 0.1) is 5.82 Å². The number of likely N-dealkylation sites (tertiary alicyclic amines) is 1. The van der Waals surface area contributed by atoms with E-state index < -0.39 is 5.82 Å². The zero-order chi connectivity index (χ0) is 27.2. The second-order valence-corrected chi connectivity index (χ2v) is 9.20. The van der Waals surface area contributed by atoms with Gasteiger partial charge in [-0.1, -0.05) is 64.8 Å². The Labute approximate surface area is 225 Å². The fourth-order valence-electron chi connectivity index (χ4n) is 4.35. The van der Waals surface area contributed by atoms with E-state index in [1.54, 1.807) is 12.1 Å². The molecular formula is C29H41ClFN5O. The van der Waals surface area contributed by atoms with E-state index in [-0.39, 0.29) is 10.6 Å². The monoisotopic (exact) mass is 529 g/mol. The van der Waals surface area contributed by atoms with Gasteiger partial charge < -0.3 is 14.8 Å². The fourth-order valence-corrected chi connectivity index (χ4v) is 4.51. The van der Waals surface area contributed by atoms with Gasteiger partial charge in [0.1, 0.15) is 18.0 Å². The number of hydrogen-bond donors (Lipinski definition) is 1. The molecule has 6 nitrogen and oxygen atoms in total. The molecule has 37 heavy (non-hydrogen) atoms. The van der Waals surface area contributed by atoms with Gasteiger partial charge in [-0.15, -0.1) is 0 Å². The van der Waals surface area contributed by atoms with Crippen molar-refractivity contribution in [2.75, 3.05) is 25.0 Å². The van der Waals surface area contributed by atoms with E-state index in [0.29, 0.717) is 29.3 Å². The molecule has 0 amide bonds. The molecule has 0 atom stereocenters. The Hall–Kier alpha value is -2.93. The van der Waals surface area contributed by atoms with Crippen LogP contribution in [0.4, 0.5) is 10.2 Å². The van der Waals surface area contributed by atoms with Gasteiger partial charge in [0.25, 0.3) is 5.56 Å². The summed E-state index contributed by atoms with van der Waals surface area (Å²) < 4.78 is 15.5. The van der Waals surface area contributed by atoms with E-state index in [1.165, 1.54) is 31.3 Å². The molecule has 1 aliphatic heterocycles. The molecule has 3 heterocycles. The second-order valence-electron chi connectivity index (χ2n) is 8.80. The van der Waals surface area contributed by atoms with Gasteiger partial charge >= 0.3 is 0 Å². The van der Waals surface area contributed by atoms with Crippen LogP contribution in [0.25, 0.3) is 10.9 Å². The van der Waals surface area contributed by atoms with Crippen molar-refractivity contribution in [2.24, 2.45) is 0 Å². The molecule has 0 saturated carbocycles. The van der Waals surface area contributed by atoms with Gasteiger partial charge in [-0.3, -0.25) is 4.79 Å². The molecule has 1 N–H and O–H groups in total. The summed E-state index contributed by atoms with van der Waals surface area (Å²) in [6.07, 6.45) is 10.2. The predicted octanol–water partition coefficient (Wildman–Crippen LogP) is 7.46. The zero-order valence-electron chi connectivity index (χ0n) is 22.6. The molecule has 8 heteroatoms. The number of halogens is 2. The Morgan fingerprint density at radius 1 is 1.14 bits per heavy atom. The molecular weight excluding hydrogens is 489 g/mol. The van der Waals surface area contributed by atoms with Crippen LogP contribution in [0.5, 0.6) is 0 Å². The van der Waals surface area contributed by atoms with Crippen molar-refractivity contribution in [1.29, 1.82) is 0 Å². The van der Waals surface area contributed by atoms with Crippen molar-refractivity contribution >= 4 is 28.3 Å². The fraction of sp³-hybridized carbons (Fsp3) is 0.483.